The maximum absolute atomic E-state index is 12.1. The standard InChI is InChI=1S/C14H20N2O5/c1-5-21-13-7-11(16(18)19)10(6-12(13)20-4)14(17)15-8-9(2)3/h6-7,9H,5,8H2,1-4H3,(H,15,17). The first kappa shape index (κ1) is 16.7. The summed E-state index contributed by atoms with van der Waals surface area (Å²) in [6, 6.07) is 2.55. The molecule has 7 heteroatoms. The summed E-state index contributed by atoms with van der Waals surface area (Å²) in [5.74, 6) is 0.276. The zero-order valence-electron chi connectivity index (χ0n) is 12.6. The lowest BCUT2D eigenvalue weighted by Gasteiger charge is -2.12. The molecule has 21 heavy (non-hydrogen) atoms. The third-order valence-electron chi connectivity index (χ3n) is 2.69. The molecule has 1 amide bonds. The lowest BCUT2D eigenvalue weighted by atomic mass is 10.1. The first-order valence-corrected chi connectivity index (χ1v) is 6.68. The molecular formula is C14H20N2O5. The molecule has 1 N–H and O–H groups in total. The average molecular weight is 296 g/mol. The minimum atomic E-state index is -0.605. The molecule has 0 saturated heterocycles. The van der Waals surface area contributed by atoms with Gasteiger partial charge in [-0.2, -0.15) is 0 Å². The van der Waals surface area contributed by atoms with Gasteiger partial charge in [0.15, 0.2) is 11.5 Å². The molecule has 1 rings (SSSR count). The van der Waals surface area contributed by atoms with Crippen molar-refractivity contribution in [1.82, 2.24) is 5.32 Å². The molecule has 0 aliphatic heterocycles. The summed E-state index contributed by atoms with van der Waals surface area (Å²) in [5, 5.41) is 13.8. The second-order valence-electron chi connectivity index (χ2n) is 4.81. The summed E-state index contributed by atoms with van der Waals surface area (Å²) >= 11 is 0. The minimum absolute atomic E-state index is 0.0408. The molecule has 0 saturated carbocycles. The summed E-state index contributed by atoms with van der Waals surface area (Å²) < 4.78 is 10.4. The van der Waals surface area contributed by atoms with Crippen LogP contribution in [0.5, 0.6) is 11.5 Å². The summed E-state index contributed by atoms with van der Waals surface area (Å²) in [5.41, 5.74) is -0.346. The van der Waals surface area contributed by atoms with Gasteiger partial charge in [0, 0.05) is 12.6 Å². The molecule has 0 aromatic heterocycles. The van der Waals surface area contributed by atoms with E-state index in [0.29, 0.717) is 13.2 Å². The van der Waals surface area contributed by atoms with E-state index in [2.05, 4.69) is 5.32 Å². The summed E-state index contributed by atoms with van der Waals surface area (Å²) in [6.45, 7) is 6.41. The van der Waals surface area contributed by atoms with Gasteiger partial charge in [-0.25, -0.2) is 0 Å². The van der Waals surface area contributed by atoms with Crippen LogP contribution in [-0.2, 0) is 0 Å². The number of ether oxygens (including phenoxy) is 2. The maximum Gasteiger partial charge on any atom is 0.286 e. The number of hydrogen-bond acceptors (Lipinski definition) is 5. The van der Waals surface area contributed by atoms with Gasteiger partial charge in [0.1, 0.15) is 5.56 Å². The smallest absolute Gasteiger partial charge is 0.286 e. The number of amides is 1. The molecule has 0 fully saturated rings. The van der Waals surface area contributed by atoms with Crippen molar-refractivity contribution >= 4 is 11.6 Å². The maximum atomic E-state index is 12.1. The van der Waals surface area contributed by atoms with Crippen LogP contribution in [0.1, 0.15) is 31.1 Å². The molecule has 0 aliphatic carbocycles. The predicted octanol–water partition coefficient (Wildman–Crippen LogP) is 2.39. The van der Waals surface area contributed by atoms with Crippen molar-refractivity contribution in [2.75, 3.05) is 20.3 Å². The monoisotopic (exact) mass is 296 g/mol. The summed E-state index contributed by atoms with van der Waals surface area (Å²) in [6.07, 6.45) is 0. The quantitative estimate of drug-likeness (QED) is 0.616. The number of carbonyl (C=O) groups is 1. The number of nitrogens with one attached hydrogen (secondary N) is 1. The van der Waals surface area contributed by atoms with E-state index in [1.165, 1.54) is 19.2 Å². The van der Waals surface area contributed by atoms with Crippen LogP contribution in [0.3, 0.4) is 0 Å². The highest BCUT2D eigenvalue weighted by atomic mass is 16.6. The zero-order chi connectivity index (χ0) is 16.0. The SMILES string of the molecule is CCOc1cc([N+](=O)[O-])c(C(=O)NCC(C)C)cc1OC. The van der Waals surface area contributed by atoms with E-state index in [-0.39, 0.29) is 28.7 Å². The number of nitrogens with zero attached hydrogens (tertiary/aromatic N) is 1. The number of nitro groups is 1. The molecule has 0 unspecified atom stereocenters. The zero-order valence-corrected chi connectivity index (χ0v) is 12.6. The van der Waals surface area contributed by atoms with Gasteiger partial charge in [-0.3, -0.25) is 14.9 Å². The second kappa shape index (κ2) is 7.47. The fraction of sp³-hybridized carbons (Fsp3) is 0.500. The third-order valence-corrected chi connectivity index (χ3v) is 2.69. The molecule has 0 heterocycles. The number of benzene rings is 1. The Labute approximate surface area is 123 Å². The average Bonchev–Trinajstić information content (AvgIpc) is 2.44. The Morgan fingerprint density at radius 2 is 2.05 bits per heavy atom. The van der Waals surface area contributed by atoms with E-state index in [1.54, 1.807) is 6.92 Å². The topological polar surface area (TPSA) is 90.7 Å². The second-order valence-corrected chi connectivity index (χ2v) is 4.81. The van der Waals surface area contributed by atoms with Crippen LogP contribution in [-0.4, -0.2) is 31.1 Å². The summed E-state index contributed by atoms with van der Waals surface area (Å²) in [7, 11) is 1.42. The lowest BCUT2D eigenvalue weighted by Crippen LogP contribution is -2.28. The largest absolute Gasteiger partial charge is 0.493 e. The van der Waals surface area contributed by atoms with E-state index < -0.39 is 10.8 Å². The molecule has 0 spiro atoms. The molecule has 1 aromatic rings. The van der Waals surface area contributed by atoms with Gasteiger partial charge < -0.3 is 14.8 Å². The van der Waals surface area contributed by atoms with Gasteiger partial charge >= 0.3 is 0 Å². The lowest BCUT2D eigenvalue weighted by molar-refractivity contribution is -0.385. The van der Waals surface area contributed by atoms with E-state index in [1.807, 2.05) is 13.8 Å². The van der Waals surface area contributed by atoms with E-state index >= 15 is 0 Å². The highest BCUT2D eigenvalue weighted by Gasteiger charge is 2.24. The van der Waals surface area contributed by atoms with Crippen molar-refractivity contribution in [1.29, 1.82) is 0 Å². The molecule has 1 aromatic carbocycles. The predicted molar refractivity (Wildman–Crippen MR) is 78.0 cm³/mol. The van der Waals surface area contributed by atoms with Crippen LogP contribution >= 0.6 is 0 Å². The van der Waals surface area contributed by atoms with E-state index in [4.69, 9.17) is 9.47 Å². The van der Waals surface area contributed by atoms with Crippen molar-refractivity contribution in [2.45, 2.75) is 20.8 Å². The van der Waals surface area contributed by atoms with Crippen molar-refractivity contribution in [3.05, 3.63) is 27.8 Å². The van der Waals surface area contributed by atoms with Crippen molar-refractivity contribution in [3.63, 3.8) is 0 Å². The Balaban J connectivity index is 3.22. The van der Waals surface area contributed by atoms with Gasteiger partial charge in [-0.05, 0) is 12.8 Å². The van der Waals surface area contributed by atoms with Crippen LogP contribution in [0.4, 0.5) is 5.69 Å². The van der Waals surface area contributed by atoms with Crippen LogP contribution in [0.15, 0.2) is 12.1 Å². The third kappa shape index (κ3) is 4.34. The Bertz CT molecular complexity index is 528. The Morgan fingerprint density at radius 1 is 1.38 bits per heavy atom. The van der Waals surface area contributed by atoms with E-state index in [0.717, 1.165) is 0 Å². The number of nitro benzene ring substituents is 1. The highest BCUT2D eigenvalue weighted by molar-refractivity contribution is 5.99. The molecule has 0 radical (unpaired) electrons. The van der Waals surface area contributed by atoms with Crippen LogP contribution in [0, 0.1) is 16.0 Å². The van der Waals surface area contributed by atoms with Crippen molar-refractivity contribution in [3.8, 4) is 11.5 Å². The Kier molecular flexibility index (Phi) is 5.95. The summed E-state index contributed by atoms with van der Waals surface area (Å²) in [4.78, 5) is 22.6. The highest BCUT2D eigenvalue weighted by Crippen LogP contribution is 2.34. The molecular weight excluding hydrogens is 276 g/mol. The fourth-order valence-corrected chi connectivity index (χ4v) is 1.70. The number of carbonyl (C=O) groups excluding carboxylic acids is 1. The van der Waals surface area contributed by atoms with Gasteiger partial charge in [0.05, 0.1) is 24.7 Å². The number of rotatable bonds is 7. The Morgan fingerprint density at radius 3 is 2.52 bits per heavy atom. The van der Waals surface area contributed by atoms with Gasteiger partial charge in [-0.1, -0.05) is 13.8 Å². The van der Waals surface area contributed by atoms with Gasteiger partial charge in [0.2, 0.25) is 0 Å². The number of hydrogen-bond donors (Lipinski definition) is 1. The van der Waals surface area contributed by atoms with Gasteiger partial charge in [-0.15, -0.1) is 0 Å². The number of methoxy groups -OCH3 is 1. The molecule has 7 nitrogen and oxygen atoms in total. The minimum Gasteiger partial charge on any atom is -0.493 e. The first-order chi connectivity index (χ1) is 9.90. The van der Waals surface area contributed by atoms with Crippen LogP contribution < -0.4 is 14.8 Å². The Hall–Kier alpha value is -2.31. The normalized spacial score (nSPS) is 10.3. The molecule has 0 atom stereocenters. The van der Waals surface area contributed by atoms with Crippen molar-refractivity contribution in [2.24, 2.45) is 5.92 Å². The molecule has 0 bridgehead atoms. The molecule has 0 aliphatic rings. The first-order valence-electron chi connectivity index (χ1n) is 6.68. The van der Waals surface area contributed by atoms with Crippen LogP contribution in [0.25, 0.3) is 0 Å². The molecule has 116 valence electrons. The van der Waals surface area contributed by atoms with Crippen LogP contribution in [0.2, 0.25) is 0 Å². The van der Waals surface area contributed by atoms with Gasteiger partial charge in [0.25, 0.3) is 11.6 Å². The van der Waals surface area contributed by atoms with Crippen molar-refractivity contribution < 1.29 is 19.2 Å². The fourth-order valence-electron chi connectivity index (χ4n) is 1.70. The van der Waals surface area contributed by atoms with E-state index in [9.17, 15) is 14.9 Å².